The number of aliphatic hydroxyl groups excluding tert-OH is 1. The number of halogens is 1. The van der Waals surface area contributed by atoms with Crippen molar-refractivity contribution in [2.45, 2.75) is 44.6 Å². The fourth-order valence-electron chi connectivity index (χ4n) is 2.40. The highest BCUT2D eigenvalue weighted by molar-refractivity contribution is 9.09. The smallest absolute Gasteiger partial charge is 0.221 e. The third-order valence-corrected chi connectivity index (χ3v) is 3.52. The summed E-state index contributed by atoms with van der Waals surface area (Å²) in [6, 6.07) is 0. The normalized spacial score (nSPS) is 31.3. The van der Waals surface area contributed by atoms with Crippen LogP contribution in [-0.2, 0) is 4.79 Å². The van der Waals surface area contributed by atoms with Gasteiger partial charge in [-0.25, -0.2) is 0 Å². The SMILES string of the molecule is CC1CCCC(CO)(NC(=O)CCBr)C1. The number of hydrogen-bond donors (Lipinski definition) is 2. The second-order valence-electron chi connectivity index (χ2n) is 4.63. The molecule has 1 aliphatic carbocycles. The average Bonchev–Trinajstić information content (AvgIpc) is 2.18. The minimum absolute atomic E-state index is 0.0371. The minimum atomic E-state index is -0.350. The van der Waals surface area contributed by atoms with Crippen LogP contribution < -0.4 is 5.32 Å². The number of rotatable bonds is 4. The van der Waals surface area contributed by atoms with Crippen LogP contribution in [0.3, 0.4) is 0 Å². The number of amides is 1. The van der Waals surface area contributed by atoms with E-state index in [2.05, 4.69) is 28.2 Å². The lowest BCUT2D eigenvalue weighted by Crippen LogP contribution is -2.53. The number of carbonyl (C=O) groups is 1. The largest absolute Gasteiger partial charge is 0.394 e. The van der Waals surface area contributed by atoms with Crippen molar-refractivity contribution in [2.75, 3.05) is 11.9 Å². The van der Waals surface area contributed by atoms with Gasteiger partial charge in [-0.3, -0.25) is 4.79 Å². The molecule has 0 radical (unpaired) electrons. The first-order chi connectivity index (χ1) is 7.12. The van der Waals surface area contributed by atoms with Gasteiger partial charge in [0, 0.05) is 11.8 Å². The Bertz CT molecular complexity index is 223. The first kappa shape index (κ1) is 13.0. The van der Waals surface area contributed by atoms with Gasteiger partial charge in [-0.05, 0) is 18.8 Å². The second kappa shape index (κ2) is 5.85. The molecule has 0 aromatic carbocycles. The standard InChI is InChI=1S/C11H20BrNO2/c1-9-3-2-5-11(7-9,8-14)13-10(15)4-6-12/h9,14H,2-8H2,1H3,(H,13,15). The molecule has 15 heavy (non-hydrogen) atoms. The Morgan fingerprint density at radius 1 is 1.67 bits per heavy atom. The van der Waals surface area contributed by atoms with Crippen molar-refractivity contribution in [1.29, 1.82) is 0 Å². The van der Waals surface area contributed by atoms with Crippen molar-refractivity contribution in [3.05, 3.63) is 0 Å². The first-order valence-corrected chi connectivity index (χ1v) is 6.72. The van der Waals surface area contributed by atoms with Crippen LogP contribution in [0.2, 0.25) is 0 Å². The van der Waals surface area contributed by atoms with Crippen LogP contribution in [0, 0.1) is 5.92 Å². The van der Waals surface area contributed by atoms with Gasteiger partial charge in [0.2, 0.25) is 5.91 Å². The van der Waals surface area contributed by atoms with Crippen LogP contribution in [0.15, 0.2) is 0 Å². The lowest BCUT2D eigenvalue weighted by molar-refractivity contribution is -0.124. The van der Waals surface area contributed by atoms with Crippen LogP contribution in [0.25, 0.3) is 0 Å². The summed E-state index contributed by atoms with van der Waals surface area (Å²) in [5.41, 5.74) is -0.350. The predicted molar refractivity (Wildman–Crippen MR) is 64.0 cm³/mol. The Balaban J connectivity index is 2.55. The number of nitrogens with one attached hydrogen (secondary N) is 1. The van der Waals surface area contributed by atoms with Crippen LogP contribution in [-0.4, -0.2) is 28.5 Å². The Morgan fingerprint density at radius 3 is 2.93 bits per heavy atom. The van der Waals surface area contributed by atoms with E-state index in [4.69, 9.17) is 0 Å². The van der Waals surface area contributed by atoms with E-state index in [9.17, 15) is 9.90 Å². The van der Waals surface area contributed by atoms with E-state index >= 15 is 0 Å². The van der Waals surface area contributed by atoms with Gasteiger partial charge in [-0.1, -0.05) is 35.7 Å². The zero-order valence-corrected chi connectivity index (χ0v) is 10.8. The van der Waals surface area contributed by atoms with Crippen molar-refractivity contribution in [3.63, 3.8) is 0 Å². The molecule has 0 saturated heterocycles. The molecule has 1 aliphatic rings. The maximum Gasteiger partial charge on any atom is 0.221 e. The molecule has 1 rings (SSSR count). The Kier molecular flexibility index (Phi) is 5.06. The van der Waals surface area contributed by atoms with E-state index in [0.29, 0.717) is 17.7 Å². The fraction of sp³-hybridized carbons (Fsp3) is 0.909. The third-order valence-electron chi connectivity index (χ3n) is 3.12. The van der Waals surface area contributed by atoms with E-state index in [-0.39, 0.29) is 18.1 Å². The van der Waals surface area contributed by atoms with Crippen molar-refractivity contribution in [1.82, 2.24) is 5.32 Å². The maximum absolute atomic E-state index is 11.5. The fourth-order valence-corrected chi connectivity index (χ4v) is 2.76. The number of hydrogen-bond acceptors (Lipinski definition) is 2. The van der Waals surface area contributed by atoms with E-state index in [1.54, 1.807) is 0 Å². The van der Waals surface area contributed by atoms with Gasteiger partial charge in [0.15, 0.2) is 0 Å². The molecule has 2 unspecified atom stereocenters. The molecule has 2 N–H and O–H groups in total. The zero-order valence-electron chi connectivity index (χ0n) is 9.26. The lowest BCUT2D eigenvalue weighted by Gasteiger charge is -2.39. The molecule has 0 bridgehead atoms. The lowest BCUT2D eigenvalue weighted by atomic mass is 9.77. The summed E-state index contributed by atoms with van der Waals surface area (Å²) < 4.78 is 0. The molecule has 1 saturated carbocycles. The summed E-state index contributed by atoms with van der Waals surface area (Å²) in [7, 11) is 0. The predicted octanol–water partition coefficient (Wildman–Crippen LogP) is 1.83. The molecule has 1 fully saturated rings. The molecule has 2 atom stereocenters. The topological polar surface area (TPSA) is 49.3 Å². The van der Waals surface area contributed by atoms with Gasteiger partial charge >= 0.3 is 0 Å². The van der Waals surface area contributed by atoms with Crippen molar-refractivity contribution in [2.24, 2.45) is 5.92 Å². The first-order valence-electron chi connectivity index (χ1n) is 5.60. The molecule has 0 spiro atoms. The maximum atomic E-state index is 11.5. The van der Waals surface area contributed by atoms with Crippen molar-refractivity contribution < 1.29 is 9.90 Å². The summed E-state index contributed by atoms with van der Waals surface area (Å²) >= 11 is 3.24. The van der Waals surface area contributed by atoms with Gasteiger partial charge in [-0.2, -0.15) is 0 Å². The number of aliphatic hydroxyl groups is 1. The summed E-state index contributed by atoms with van der Waals surface area (Å²) in [4.78, 5) is 11.5. The second-order valence-corrected chi connectivity index (χ2v) is 5.42. The molecule has 0 heterocycles. The van der Waals surface area contributed by atoms with Crippen molar-refractivity contribution >= 4 is 21.8 Å². The number of alkyl halides is 1. The highest BCUT2D eigenvalue weighted by Crippen LogP contribution is 2.31. The van der Waals surface area contributed by atoms with E-state index in [1.807, 2.05) is 0 Å². The summed E-state index contributed by atoms with van der Waals surface area (Å²) in [6.45, 7) is 2.24. The Hall–Kier alpha value is -0.0900. The van der Waals surface area contributed by atoms with Gasteiger partial charge in [-0.15, -0.1) is 0 Å². The van der Waals surface area contributed by atoms with Crippen molar-refractivity contribution in [3.8, 4) is 0 Å². The van der Waals surface area contributed by atoms with E-state index in [0.717, 1.165) is 19.3 Å². The highest BCUT2D eigenvalue weighted by Gasteiger charge is 2.35. The van der Waals surface area contributed by atoms with Gasteiger partial charge in [0.1, 0.15) is 0 Å². The summed E-state index contributed by atoms with van der Waals surface area (Å²) in [5.74, 6) is 0.630. The van der Waals surface area contributed by atoms with E-state index in [1.165, 1.54) is 6.42 Å². The van der Waals surface area contributed by atoms with Crippen LogP contribution in [0.5, 0.6) is 0 Å². The van der Waals surface area contributed by atoms with Crippen LogP contribution >= 0.6 is 15.9 Å². The molecular formula is C11H20BrNO2. The van der Waals surface area contributed by atoms with Gasteiger partial charge in [0.05, 0.1) is 12.1 Å². The number of carbonyl (C=O) groups excluding carboxylic acids is 1. The summed E-state index contributed by atoms with van der Waals surface area (Å²) in [6.07, 6.45) is 4.59. The highest BCUT2D eigenvalue weighted by atomic mass is 79.9. The average molecular weight is 278 g/mol. The Morgan fingerprint density at radius 2 is 2.40 bits per heavy atom. The molecule has 1 amide bonds. The molecule has 3 nitrogen and oxygen atoms in total. The van der Waals surface area contributed by atoms with Gasteiger partial charge in [0.25, 0.3) is 0 Å². The molecule has 0 aromatic rings. The van der Waals surface area contributed by atoms with Gasteiger partial charge < -0.3 is 10.4 Å². The molecule has 0 aliphatic heterocycles. The molecular weight excluding hydrogens is 258 g/mol. The van der Waals surface area contributed by atoms with Crippen LogP contribution in [0.1, 0.15) is 39.0 Å². The van der Waals surface area contributed by atoms with Crippen LogP contribution in [0.4, 0.5) is 0 Å². The van der Waals surface area contributed by atoms with E-state index < -0.39 is 0 Å². The quantitative estimate of drug-likeness (QED) is 0.771. The third kappa shape index (κ3) is 3.76. The Labute approximate surface area is 99.8 Å². The molecule has 0 aromatic heterocycles. The zero-order chi connectivity index (χ0) is 11.3. The molecule has 4 heteroatoms. The summed E-state index contributed by atoms with van der Waals surface area (Å²) in [5, 5.41) is 13.1. The monoisotopic (exact) mass is 277 g/mol. The molecule has 88 valence electrons. The minimum Gasteiger partial charge on any atom is -0.394 e.